The molecule has 29 heavy (non-hydrogen) atoms. The summed E-state index contributed by atoms with van der Waals surface area (Å²) in [5.41, 5.74) is 0.907. The first kappa shape index (κ1) is 20.4. The van der Waals surface area contributed by atoms with Crippen LogP contribution in [0.2, 0.25) is 0 Å². The lowest BCUT2D eigenvalue weighted by atomic mass is 9.78. The largest absolute Gasteiger partial charge is 0.496 e. The topological polar surface area (TPSA) is 50.8 Å². The minimum absolute atomic E-state index is 0.0733. The number of hydrogen-bond acceptors (Lipinski definition) is 5. The highest BCUT2D eigenvalue weighted by molar-refractivity contribution is 7.10. The number of ether oxygens (including phenoxy) is 2. The fourth-order valence-corrected chi connectivity index (χ4v) is 5.39. The number of para-hydroxylation sites is 1. The number of hydrogen-bond donors (Lipinski definition) is 1. The van der Waals surface area contributed by atoms with E-state index in [1.54, 1.807) is 18.4 Å². The number of thiophene rings is 1. The van der Waals surface area contributed by atoms with E-state index in [9.17, 15) is 4.79 Å². The Morgan fingerprint density at radius 3 is 3.03 bits per heavy atom. The number of amides is 1. The van der Waals surface area contributed by atoms with Crippen LogP contribution in [-0.4, -0.2) is 49.3 Å². The van der Waals surface area contributed by atoms with E-state index in [-0.39, 0.29) is 17.6 Å². The molecule has 6 heteroatoms. The van der Waals surface area contributed by atoms with Gasteiger partial charge in [0.15, 0.2) is 0 Å². The zero-order chi connectivity index (χ0) is 20.1. The number of nitrogens with one attached hydrogen (secondary N) is 1. The predicted molar refractivity (Wildman–Crippen MR) is 115 cm³/mol. The second-order valence-corrected chi connectivity index (χ2v) is 9.09. The average Bonchev–Trinajstić information content (AvgIpc) is 3.23. The summed E-state index contributed by atoms with van der Waals surface area (Å²) >= 11 is 1.63. The number of rotatable bonds is 6. The summed E-state index contributed by atoms with van der Waals surface area (Å²) < 4.78 is 11.9. The Morgan fingerprint density at radius 2 is 2.21 bits per heavy atom. The third-order valence-electron chi connectivity index (χ3n) is 6.10. The number of morpholine rings is 1. The molecule has 2 atom stereocenters. The lowest BCUT2D eigenvalue weighted by Gasteiger charge is -2.49. The molecule has 1 saturated carbocycles. The summed E-state index contributed by atoms with van der Waals surface area (Å²) in [4.78, 5) is 16.2. The highest BCUT2D eigenvalue weighted by Crippen LogP contribution is 2.36. The Kier molecular flexibility index (Phi) is 6.53. The first-order valence-electron chi connectivity index (χ1n) is 10.5. The van der Waals surface area contributed by atoms with Crippen LogP contribution >= 0.6 is 11.3 Å². The van der Waals surface area contributed by atoms with Crippen LogP contribution in [0.1, 0.15) is 36.1 Å². The Balaban J connectivity index is 1.44. The van der Waals surface area contributed by atoms with Gasteiger partial charge in [-0.15, -0.1) is 11.3 Å². The van der Waals surface area contributed by atoms with Crippen LogP contribution in [0.3, 0.4) is 0 Å². The van der Waals surface area contributed by atoms with Crippen LogP contribution in [-0.2, 0) is 22.5 Å². The van der Waals surface area contributed by atoms with Gasteiger partial charge in [0.2, 0.25) is 5.91 Å². The third kappa shape index (κ3) is 4.82. The molecule has 2 heterocycles. The lowest BCUT2D eigenvalue weighted by Crippen LogP contribution is -2.64. The van der Waals surface area contributed by atoms with Crippen molar-refractivity contribution in [1.82, 2.24) is 10.2 Å². The van der Waals surface area contributed by atoms with E-state index in [0.29, 0.717) is 13.0 Å². The van der Waals surface area contributed by atoms with Gasteiger partial charge in [0, 0.05) is 30.1 Å². The molecule has 2 aromatic rings. The SMILES string of the molecule is COc1ccccc1CN1CCO[C@@]2(CCCC[C@H]2NC(=O)Cc2cccs2)C1. The van der Waals surface area contributed by atoms with Gasteiger partial charge < -0.3 is 14.8 Å². The Labute approximate surface area is 177 Å². The van der Waals surface area contributed by atoms with Gasteiger partial charge in [0.25, 0.3) is 0 Å². The van der Waals surface area contributed by atoms with Crippen molar-refractivity contribution >= 4 is 17.2 Å². The molecule has 1 spiro atoms. The molecule has 1 aliphatic heterocycles. The highest BCUT2D eigenvalue weighted by Gasteiger charge is 2.45. The molecule has 2 aliphatic rings. The van der Waals surface area contributed by atoms with Gasteiger partial charge in [-0.05, 0) is 30.4 Å². The molecule has 1 N–H and O–H groups in total. The van der Waals surface area contributed by atoms with E-state index in [0.717, 1.165) is 55.9 Å². The molecule has 1 aliphatic carbocycles. The molecular weight excluding hydrogens is 384 g/mol. The van der Waals surface area contributed by atoms with Crippen molar-refractivity contribution in [3.63, 3.8) is 0 Å². The van der Waals surface area contributed by atoms with Crippen LogP contribution in [0.15, 0.2) is 41.8 Å². The fraction of sp³-hybridized carbons (Fsp3) is 0.522. The van der Waals surface area contributed by atoms with Crippen LogP contribution in [0.4, 0.5) is 0 Å². The molecule has 156 valence electrons. The third-order valence-corrected chi connectivity index (χ3v) is 6.98. The van der Waals surface area contributed by atoms with E-state index in [2.05, 4.69) is 22.3 Å². The second kappa shape index (κ2) is 9.28. The summed E-state index contributed by atoms with van der Waals surface area (Å²) in [5, 5.41) is 5.33. The molecule has 4 rings (SSSR count). The second-order valence-electron chi connectivity index (χ2n) is 8.06. The van der Waals surface area contributed by atoms with Gasteiger partial charge in [-0.25, -0.2) is 0 Å². The number of methoxy groups -OCH3 is 1. The van der Waals surface area contributed by atoms with Crippen LogP contribution in [0, 0.1) is 0 Å². The highest BCUT2D eigenvalue weighted by atomic mass is 32.1. The zero-order valence-electron chi connectivity index (χ0n) is 17.1. The summed E-state index contributed by atoms with van der Waals surface area (Å²) in [6.45, 7) is 3.28. The van der Waals surface area contributed by atoms with Crippen molar-refractivity contribution in [2.24, 2.45) is 0 Å². The Hall–Kier alpha value is -1.89. The molecule has 0 radical (unpaired) electrons. The molecule has 5 nitrogen and oxygen atoms in total. The zero-order valence-corrected chi connectivity index (χ0v) is 17.9. The van der Waals surface area contributed by atoms with Crippen molar-refractivity contribution in [2.75, 3.05) is 26.8 Å². The quantitative estimate of drug-likeness (QED) is 0.784. The van der Waals surface area contributed by atoms with Crippen molar-refractivity contribution in [3.8, 4) is 5.75 Å². The van der Waals surface area contributed by atoms with Gasteiger partial charge in [-0.1, -0.05) is 37.1 Å². The minimum atomic E-state index is -0.288. The summed E-state index contributed by atoms with van der Waals surface area (Å²) in [6, 6.07) is 12.3. The molecule has 1 aromatic heterocycles. The molecule has 1 saturated heterocycles. The van der Waals surface area contributed by atoms with Crippen molar-refractivity contribution in [2.45, 2.75) is 50.3 Å². The van der Waals surface area contributed by atoms with E-state index in [1.165, 1.54) is 5.56 Å². The van der Waals surface area contributed by atoms with Crippen LogP contribution in [0.25, 0.3) is 0 Å². The number of nitrogens with zero attached hydrogens (tertiary/aromatic N) is 1. The molecule has 0 unspecified atom stereocenters. The Bertz CT molecular complexity index is 806. The van der Waals surface area contributed by atoms with Crippen LogP contribution in [0.5, 0.6) is 5.75 Å². The van der Waals surface area contributed by atoms with E-state index in [4.69, 9.17) is 9.47 Å². The maximum atomic E-state index is 12.7. The van der Waals surface area contributed by atoms with Crippen molar-refractivity contribution < 1.29 is 14.3 Å². The van der Waals surface area contributed by atoms with Crippen molar-refractivity contribution in [3.05, 3.63) is 52.2 Å². The Morgan fingerprint density at radius 1 is 1.31 bits per heavy atom. The molecule has 0 bridgehead atoms. The fourth-order valence-electron chi connectivity index (χ4n) is 4.68. The van der Waals surface area contributed by atoms with E-state index < -0.39 is 0 Å². The number of carbonyl (C=O) groups excluding carboxylic acids is 1. The van der Waals surface area contributed by atoms with Gasteiger partial charge in [0.05, 0.1) is 26.2 Å². The lowest BCUT2D eigenvalue weighted by molar-refractivity contribution is -0.151. The molecule has 1 aromatic carbocycles. The summed E-state index contributed by atoms with van der Waals surface area (Å²) in [6.07, 6.45) is 4.73. The summed E-state index contributed by atoms with van der Waals surface area (Å²) in [7, 11) is 1.72. The maximum absolute atomic E-state index is 12.7. The van der Waals surface area contributed by atoms with Crippen molar-refractivity contribution in [1.29, 1.82) is 0 Å². The molecular formula is C23H30N2O3S. The monoisotopic (exact) mass is 414 g/mol. The number of benzene rings is 1. The van der Waals surface area contributed by atoms with E-state index in [1.807, 2.05) is 29.6 Å². The molecule has 1 amide bonds. The summed E-state index contributed by atoms with van der Waals surface area (Å²) in [5.74, 6) is 1.03. The normalized spacial score (nSPS) is 25.1. The van der Waals surface area contributed by atoms with Gasteiger partial charge in [-0.2, -0.15) is 0 Å². The minimum Gasteiger partial charge on any atom is -0.496 e. The van der Waals surface area contributed by atoms with Gasteiger partial charge >= 0.3 is 0 Å². The van der Waals surface area contributed by atoms with Gasteiger partial charge in [-0.3, -0.25) is 9.69 Å². The smallest absolute Gasteiger partial charge is 0.225 e. The average molecular weight is 415 g/mol. The first-order chi connectivity index (χ1) is 14.2. The van der Waals surface area contributed by atoms with Gasteiger partial charge in [0.1, 0.15) is 11.4 Å². The van der Waals surface area contributed by atoms with Crippen LogP contribution < -0.4 is 10.1 Å². The standard InChI is InChI=1S/C23H30N2O3S/c1-27-20-9-3-2-7-18(20)16-25-12-13-28-23(17-25)11-5-4-10-21(23)24-22(26)15-19-8-6-14-29-19/h2-3,6-9,14,21H,4-5,10-13,15-17H2,1H3,(H,24,26)/t21-,23+/m1/s1. The molecule has 2 fully saturated rings. The maximum Gasteiger partial charge on any atom is 0.225 e. The first-order valence-corrected chi connectivity index (χ1v) is 11.4. The number of carbonyl (C=O) groups is 1. The van der Waals surface area contributed by atoms with E-state index >= 15 is 0 Å². The predicted octanol–water partition coefficient (Wildman–Crippen LogP) is 3.63.